The minimum Gasteiger partial charge on any atom is -0.493 e. The van der Waals surface area contributed by atoms with Gasteiger partial charge in [-0.1, -0.05) is 30.3 Å². The quantitative estimate of drug-likeness (QED) is 0.553. The molecule has 0 unspecified atom stereocenters. The van der Waals surface area contributed by atoms with Gasteiger partial charge in [-0.15, -0.1) is 13.2 Å². The van der Waals surface area contributed by atoms with Gasteiger partial charge in [0.25, 0.3) is 0 Å². The molecule has 2 aromatic carbocycles. The summed E-state index contributed by atoms with van der Waals surface area (Å²) in [5, 5.41) is 6.06. The number of ether oxygens (including phenoxy) is 3. The molecule has 0 spiro atoms. The maximum Gasteiger partial charge on any atom is 0.573 e. The first-order valence-electron chi connectivity index (χ1n) is 8.36. The van der Waals surface area contributed by atoms with Gasteiger partial charge in [-0.25, -0.2) is 0 Å². The van der Waals surface area contributed by atoms with Crippen LogP contribution in [0.2, 0.25) is 0 Å². The summed E-state index contributed by atoms with van der Waals surface area (Å²) >= 11 is 0. The number of methoxy groups -OCH3 is 2. The zero-order chi connectivity index (χ0) is 20.6. The Morgan fingerprint density at radius 2 is 1.50 bits per heavy atom. The molecule has 0 radical (unpaired) electrons. The Bertz CT molecular complexity index is 810. The lowest BCUT2D eigenvalue weighted by Gasteiger charge is -2.17. The van der Waals surface area contributed by atoms with Gasteiger partial charge in [-0.3, -0.25) is 4.99 Å². The monoisotopic (exact) mass is 397 g/mol. The Morgan fingerprint density at radius 1 is 0.893 bits per heavy atom. The second kappa shape index (κ2) is 9.72. The van der Waals surface area contributed by atoms with E-state index >= 15 is 0 Å². The fourth-order valence-electron chi connectivity index (χ4n) is 2.55. The number of hydrogen-bond acceptors (Lipinski definition) is 4. The molecule has 0 aliphatic heterocycles. The minimum atomic E-state index is -4.75. The summed E-state index contributed by atoms with van der Waals surface area (Å²) in [5.41, 5.74) is 1.19. The summed E-state index contributed by atoms with van der Waals surface area (Å²) in [5.74, 6) is 1.35. The molecule has 0 aromatic heterocycles. The summed E-state index contributed by atoms with van der Waals surface area (Å²) < 4.78 is 52.3. The number of aliphatic imine (C=N–C) groups is 1. The van der Waals surface area contributed by atoms with Crippen LogP contribution in [0.3, 0.4) is 0 Å². The highest BCUT2D eigenvalue weighted by atomic mass is 19.4. The number of halogens is 3. The first-order valence-corrected chi connectivity index (χ1v) is 8.36. The van der Waals surface area contributed by atoms with Crippen molar-refractivity contribution in [1.29, 1.82) is 0 Å². The van der Waals surface area contributed by atoms with Crippen LogP contribution in [0.4, 0.5) is 13.2 Å². The van der Waals surface area contributed by atoms with Crippen molar-refractivity contribution in [2.45, 2.75) is 19.5 Å². The predicted molar refractivity (Wildman–Crippen MR) is 99.7 cm³/mol. The molecule has 2 rings (SSSR count). The summed E-state index contributed by atoms with van der Waals surface area (Å²) in [6.45, 7) is 0.474. The van der Waals surface area contributed by atoms with Gasteiger partial charge in [0.1, 0.15) is 5.75 Å². The molecule has 0 saturated carbocycles. The zero-order valence-corrected chi connectivity index (χ0v) is 15.8. The number of guanidine groups is 1. The third-order valence-electron chi connectivity index (χ3n) is 3.80. The molecular formula is C19H22F3N3O3. The smallest absolute Gasteiger partial charge is 0.493 e. The Kier molecular flexibility index (Phi) is 7.36. The Morgan fingerprint density at radius 3 is 2.11 bits per heavy atom. The highest BCUT2D eigenvalue weighted by Crippen LogP contribution is 2.30. The van der Waals surface area contributed by atoms with E-state index in [2.05, 4.69) is 20.4 Å². The number of nitrogens with zero attached hydrogens (tertiary/aromatic N) is 1. The largest absolute Gasteiger partial charge is 0.573 e. The zero-order valence-electron chi connectivity index (χ0n) is 15.8. The van der Waals surface area contributed by atoms with Crippen LogP contribution in [-0.4, -0.2) is 33.6 Å². The minimum absolute atomic E-state index is 0.0984. The van der Waals surface area contributed by atoms with Gasteiger partial charge in [0.05, 0.1) is 14.2 Å². The van der Waals surface area contributed by atoms with E-state index in [1.165, 1.54) is 12.1 Å². The second-order valence-corrected chi connectivity index (χ2v) is 5.59. The molecule has 0 fully saturated rings. The second-order valence-electron chi connectivity index (χ2n) is 5.59. The van der Waals surface area contributed by atoms with Crippen LogP contribution in [0, 0.1) is 0 Å². The molecule has 0 aliphatic rings. The highest BCUT2D eigenvalue weighted by molar-refractivity contribution is 5.79. The summed E-state index contributed by atoms with van der Waals surface area (Å²) in [6, 6.07) is 11.4. The van der Waals surface area contributed by atoms with E-state index in [1.54, 1.807) is 39.5 Å². The average molecular weight is 397 g/mol. The number of hydrogen-bond donors (Lipinski definition) is 2. The number of nitrogens with one attached hydrogen (secondary N) is 2. The molecule has 0 amide bonds. The highest BCUT2D eigenvalue weighted by Gasteiger charge is 2.31. The number of para-hydroxylation sites is 2. The van der Waals surface area contributed by atoms with Gasteiger partial charge in [0.2, 0.25) is 0 Å². The molecule has 0 heterocycles. The van der Waals surface area contributed by atoms with Crippen LogP contribution in [0.1, 0.15) is 11.1 Å². The molecule has 6 nitrogen and oxygen atoms in total. The van der Waals surface area contributed by atoms with Crippen molar-refractivity contribution in [3.8, 4) is 17.2 Å². The first kappa shape index (κ1) is 21.2. The number of alkyl halides is 3. The fraction of sp³-hybridized carbons (Fsp3) is 0.316. The van der Waals surface area contributed by atoms with Crippen LogP contribution in [-0.2, 0) is 13.1 Å². The van der Waals surface area contributed by atoms with Gasteiger partial charge in [-0.2, -0.15) is 0 Å². The summed E-state index contributed by atoms with van der Waals surface area (Å²) in [7, 11) is 4.66. The lowest BCUT2D eigenvalue weighted by molar-refractivity contribution is -0.274. The standard InChI is InChI=1S/C19H22F3N3O3/c1-23-18(25-12-14-8-6-10-16(26-2)17(14)27-3)24-11-13-7-4-5-9-15(13)28-19(20,21)22/h4-10H,11-12H2,1-3H3,(H2,23,24,25). The van der Waals surface area contributed by atoms with E-state index in [-0.39, 0.29) is 12.3 Å². The van der Waals surface area contributed by atoms with Crippen molar-refractivity contribution >= 4 is 5.96 Å². The van der Waals surface area contributed by atoms with Crippen molar-refractivity contribution in [1.82, 2.24) is 10.6 Å². The molecule has 0 saturated heterocycles. The van der Waals surface area contributed by atoms with Gasteiger partial charge in [0, 0.05) is 31.3 Å². The van der Waals surface area contributed by atoms with Crippen molar-refractivity contribution in [2.75, 3.05) is 21.3 Å². The maximum atomic E-state index is 12.5. The van der Waals surface area contributed by atoms with E-state index in [0.717, 1.165) is 5.56 Å². The summed E-state index contributed by atoms with van der Waals surface area (Å²) in [6.07, 6.45) is -4.75. The van der Waals surface area contributed by atoms with Gasteiger partial charge >= 0.3 is 6.36 Å². The van der Waals surface area contributed by atoms with Gasteiger partial charge in [0.15, 0.2) is 17.5 Å². The normalized spacial score (nSPS) is 11.7. The SMILES string of the molecule is CN=C(NCc1ccccc1OC(F)(F)F)NCc1cccc(OC)c1OC. The molecule has 9 heteroatoms. The molecule has 28 heavy (non-hydrogen) atoms. The lowest BCUT2D eigenvalue weighted by Crippen LogP contribution is -2.36. The molecule has 2 aromatic rings. The van der Waals surface area contributed by atoms with Crippen LogP contribution < -0.4 is 24.8 Å². The lowest BCUT2D eigenvalue weighted by atomic mass is 10.2. The Hall–Kier alpha value is -3.10. The van der Waals surface area contributed by atoms with Crippen LogP contribution >= 0.6 is 0 Å². The van der Waals surface area contributed by atoms with E-state index < -0.39 is 6.36 Å². The third kappa shape index (κ3) is 5.97. The van der Waals surface area contributed by atoms with Crippen molar-refractivity contribution in [3.63, 3.8) is 0 Å². The van der Waals surface area contributed by atoms with Crippen molar-refractivity contribution in [2.24, 2.45) is 4.99 Å². The Balaban J connectivity index is 2.02. The number of rotatable bonds is 7. The molecule has 2 N–H and O–H groups in total. The summed E-state index contributed by atoms with van der Waals surface area (Å²) in [4.78, 5) is 4.08. The molecule has 0 bridgehead atoms. The predicted octanol–water partition coefficient (Wildman–Crippen LogP) is 3.47. The number of benzene rings is 2. The van der Waals surface area contributed by atoms with Gasteiger partial charge in [-0.05, 0) is 12.1 Å². The van der Waals surface area contributed by atoms with E-state index in [4.69, 9.17) is 9.47 Å². The van der Waals surface area contributed by atoms with E-state index in [9.17, 15) is 13.2 Å². The molecule has 0 aliphatic carbocycles. The van der Waals surface area contributed by atoms with Crippen LogP contribution in [0.5, 0.6) is 17.2 Å². The fourth-order valence-corrected chi connectivity index (χ4v) is 2.55. The van der Waals surface area contributed by atoms with E-state index in [0.29, 0.717) is 29.6 Å². The maximum absolute atomic E-state index is 12.5. The topological polar surface area (TPSA) is 64.1 Å². The Labute approximate surface area is 161 Å². The molecular weight excluding hydrogens is 375 g/mol. The molecule has 152 valence electrons. The third-order valence-corrected chi connectivity index (χ3v) is 3.80. The van der Waals surface area contributed by atoms with Crippen LogP contribution in [0.25, 0.3) is 0 Å². The molecule has 0 atom stereocenters. The average Bonchev–Trinajstić information content (AvgIpc) is 2.67. The van der Waals surface area contributed by atoms with E-state index in [1.807, 2.05) is 12.1 Å². The first-order chi connectivity index (χ1) is 13.4. The van der Waals surface area contributed by atoms with Gasteiger partial charge < -0.3 is 24.8 Å². The van der Waals surface area contributed by atoms with Crippen LogP contribution in [0.15, 0.2) is 47.5 Å². The van der Waals surface area contributed by atoms with Crippen molar-refractivity contribution < 1.29 is 27.4 Å². The van der Waals surface area contributed by atoms with Crippen molar-refractivity contribution in [3.05, 3.63) is 53.6 Å².